The van der Waals surface area contributed by atoms with Gasteiger partial charge in [0.15, 0.2) is 5.75 Å². The molecule has 0 bridgehead atoms. The summed E-state index contributed by atoms with van der Waals surface area (Å²) in [7, 11) is 1.35. The van der Waals surface area contributed by atoms with Crippen LogP contribution in [-0.4, -0.2) is 32.8 Å². The second-order valence-electron chi connectivity index (χ2n) is 5.36. The lowest BCUT2D eigenvalue weighted by Gasteiger charge is -2.32. The first kappa shape index (κ1) is 15.7. The number of ether oxygens (including phenoxy) is 2. The maximum absolute atomic E-state index is 11.9. The summed E-state index contributed by atoms with van der Waals surface area (Å²) in [6.45, 7) is 2.13. The highest BCUT2D eigenvalue weighted by molar-refractivity contribution is 6.31. The largest absolute Gasteiger partial charge is 0.489 e. The summed E-state index contributed by atoms with van der Waals surface area (Å²) in [6, 6.07) is 13.7. The normalized spacial score (nSPS) is 13.2. The van der Waals surface area contributed by atoms with Gasteiger partial charge in [0.1, 0.15) is 12.2 Å². The Morgan fingerprint density at radius 1 is 1.30 bits per heavy atom. The van der Waals surface area contributed by atoms with E-state index in [1.165, 1.54) is 12.7 Å². The van der Waals surface area contributed by atoms with Gasteiger partial charge in [-0.25, -0.2) is 4.79 Å². The summed E-state index contributed by atoms with van der Waals surface area (Å²) >= 11 is 6.18. The van der Waals surface area contributed by atoms with Crippen molar-refractivity contribution in [3.63, 3.8) is 0 Å². The third kappa shape index (κ3) is 3.42. The van der Waals surface area contributed by atoms with Crippen molar-refractivity contribution < 1.29 is 14.3 Å². The number of halogens is 1. The average molecular weight is 332 g/mol. The highest BCUT2D eigenvalue weighted by Gasteiger charge is 2.25. The lowest BCUT2D eigenvalue weighted by molar-refractivity contribution is 0.0595. The van der Waals surface area contributed by atoms with Gasteiger partial charge in [0.05, 0.1) is 19.3 Å². The first-order chi connectivity index (χ1) is 11.2. The lowest BCUT2D eigenvalue weighted by Crippen LogP contribution is -2.35. The van der Waals surface area contributed by atoms with Crippen LogP contribution < -0.4 is 9.64 Å². The van der Waals surface area contributed by atoms with Crippen LogP contribution in [0.2, 0.25) is 5.02 Å². The number of nitrogens with zero attached hydrogens (tertiary/aromatic N) is 1. The van der Waals surface area contributed by atoms with Crippen LogP contribution in [0.3, 0.4) is 0 Å². The van der Waals surface area contributed by atoms with Gasteiger partial charge in [-0.3, -0.25) is 0 Å². The van der Waals surface area contributed by atoms with Gasteiger partial charge >= 0.3 is 5.97 Å². The number of fused-ring (bicyclic) bond motifs is 1. The number of esters is 1. The molecular weight excluding hydrogens is 314 g/mol. The zero-order chi connectivity index (χ0) is 16.2. The second-order valence-corrected chi connectivity index (χ2v) is 5.80. The molecule has 0 atom stereocenters. The smallest absolute Gasteiger partial charge is 0.341 e. The number of hydrogen-bond acceptors (Lipinski definition) is 4. The maximum atomic E-state index is 11.9. The molecule has 2 aromatic rings. The molecular formula is C18H18ClNO3. The second kappa shape index (κ2) is 6.92. The highest BCUT2D eigenvalue weighted by Crippen LogP contribution is 2.38. The maximum Gasteiger partial charge on any atom is 0.341 e. The van der Waals surface area contributed by atoms with Crippen molar-refractivity contribution in [2.75, 3.05) is 31.7 Å². The Bertz CT molecular complexity index is 703. The van der Waals surface area contributed by atoms with Gasteiger partial charge in [-0.1, -0.05) is 41.9 Å². The number of hydrogen-bond donors (Lipinski definition) is 0. The van der Waals surface area contributed by atoms with Crippen molar-refractivity contribution >= 4 is 23.3 Å². The van der Waals surface area contributed by atoms with Crippen molar-refractivity contribution in [2.24, 2.45) is 0 Å². The standard InChI is InChI=1S/C18H18ClNO3/c1-22-18(21)15-11-14(19)12-16-17(15)23-10-9-20(16)8-7-13-5-3-2-4-6-13/h2-6,11-12H,7-10H2,1H3. The number of carbonyl (C=O) groups excluding carboxylic acids is 1. The van der Waals surface area contributed by atoms with Gasteiger partial charge in [0.2, 0.25) is 0 Å². The fourth-order valence-electron chi connectivity index (χ4n) is 2.75. The van der Waals surface area contributed by atoms with E-state index in [-0.39, 0.29) is 0 Å². The summed E-state index contributed by atoms with van der Waals surface area (Å²) in [6.07, 6.45) is 0.917. The van der Waals surface area contributed by atoms with Crippen LogP contribution in [0.1, 0.15) is 15.9 Å². The van der Waals surface area contributed by atoms with E-state index >= 15 is 0 Å². The fourth-order valence-corrected chi connectivity index (χ4v) is 2.96. The van der Waals surface area contributed by atoms with Crippen molar-refractivity contribution in [1.82, 2.24) is 0 Å². The molecule has 0 fully saturated rings. The van der Waals surface area contributed by atoms with Crippen LogP contribution >= 0.6 is 11.6 Å². The summed E-state index contributed by atoms with van der Waals surface area (Å²) < 4.78 is 10.5. The Kier molecular flexibility index (Phi) is 4.72. The molecule has 23 heavy (non-hydrogen) atoms. The molecule has 1 heterocycles. The molecule has 0 N–H and O–H groups in total. The van der Waals surface area contributed by atoms with E-state index in [4.69, 9.17) is 21.1 Å². The van der Waals surface area contributed by atoms with E-state index in [9.17, 15) is 4.79 Å². The Morgan fingerprint density at radius 2 is 2.09 bits per heavy atom. The van der Waals surface area contributed by atoms with Crippen molar-refractivity contribution in [1.29, 1.82) is 0 Å². The van der Waals surface area contributed by atoms with Gasteiger partial charge in [-0.05, 0) is 24.1 Å². The first-order valence-corrected chi connectivity index (χ1v) is 7.90. The number of anilines is 1. The fraction of sp³-hybridized carbons (Fsp3) is 0.278. The van der Waals surface area contributed by atoms with Crippen LogP contribution in [0, 0.1) is 0 Å². The Labute approximate surface area is 140 Å². The molecule has 2 aromatic carbocycles. The molecule has 1 aliphatic heterocycles. The molecule has 0 unspecified atom stereocenters. The van der Waals surface area contributed by atoms with Crippen LogP contribution in [0.25, 0.3) is 0 Å². The Morgan fingerprint density at radius 3 is 2.83 bits per heavy atom. The zero-order valence-corrected chi connectivity index (χ0v) is 13.7. The molecule has 4 nitrogen and oxygen atoms in total. The van der Waals surface area contributed by atoms with E-state index in [0.29, 0.717) is 22.9 Å². The molecule has 0 amide bonds. The first-order valence-electron chi connectivity index (χ1n) is 7.52. The summed E-state index contributed by atoms with van der Waals surface area (Å²) in [5.41, 5.74) is 2.50. The van der Waals surface area contributed by atoms with Crippen LogP contribution in [0.4, 0.5) is 5.69 Å². The minimum atomic E-state index is -0.436. The van der Waals surface area contributed by atoms with E-state index in [1.807, 2.05) is 24.3 Å². The minimum Gasteiger partial charge on any atom is -0.489 e. The van der Waals surface area contributed by atoms with Crippen LogP contribution in [0.15, 0.2) is 42.5 Å². The molecule has 3 rings (SSSR count). The van der Waals surface area contributed by atoms with E-state index in [2.05, 4.69) is 17.0 Å². The number of rotatable bonds is 4. The molecule has 120 valence electrons. The monoisotopic (exact) mass is 331 g/mol. The summed E-state index contributed by atoms with van der Waals surface area (Å²) in [4.78, 5) is 14.1. The van der Waals surface area contributed by atoms with Crippen molar-refractivity contribution in [2.45, 2.75) is 6.42 Å². The SMILES string of the molecule is COC(=O)c1cc(Cl)cc2c1OCCN2CCc1ccccc1. The third-order valence-electron chi connectivity index (χ3n) is 3.90. The number of methoxy groups -OCH3 is 1. The topological polar surface area (TPSA) is 38.8 Å². The lowest BCUT2D eigenvalue weighted by atomic mass is 10.1. The van der Waals surface area contributed by atoms with Gasteiger partial charge in [0.25, 0.3) is 0 Å². The van der Waals surface area contributed by atoms with Crippen LogP contribution in [0.5, 0.6) is 5.75 Å². The molecule has 0 spiro atoms. The van der Waals surface area contributed by atoms with E-state index in [0.717, 1.165) is 25.2 Å². The summed E-state index contributed by atoms with van der Waals surface area (Å²) in [5, 5.41) is 0.499. The van der Waals surface area contributed by atoms with Crippen molar-refractivity contribution in [3.05, 3.63) is 58.6 Å². The van der Waals surface area contributed by atoms with Gasteiger partial charge in [-0.15, -0.1) is 0 Å². The highest BCUT2D eigenvalue weighted by atomic mass is 35.5. The predicted octanol–water partition coefficient (Wildman–Crippen LogP) is 3.57. The van der Waals surface area contributed by atoms with Crippen LogP contribution in [-0.2, 0) is 11.2 Å². The third-order valence-corrected chi connectivity index (χ3v) is 4.12. The predicted molar refractivity (Wildman–Crippen MR) is 90.6 cm³/mol. The van der Waals surface area contributed by atoms with Gasteiger partial charge in [-0.2, -0.15) is 0 Å². The van der Waals surface area contributed by atoms with E-state index < -0.39 is 5.97 Å². The van der Waals surface area contributed by atoms with Gasteiger partial charge in [0, 0.05) is 11.6 Å². The Hall–Kier alpha value is -2.20. The quantitative estimate of drug-likeness (QED) is 0.803. The molecule has 0 saturated carbocycles. The molecule has 0 saturated heterocycles. The van der Waals surface area contributed by atoms with Gasteiger partial charge < -0.3 is 14.4 Å². The van der Waals surface area contributed by atoms with E-state index in [1.54, 1.807) is 6.07 Å². The molecule has 0 aliphatic carbocycles. The zero-order valence-electron chi connectivity index (χ0n) is 12.9. The number of benzene rings is 2. The number of carbonyl (C=O) groups is 1. The molecule has 1 aliphatic rings. The molecule has 0 aromatic heterocycles. The minimum absolute atomic E-state index is 0.374. The molecule has 0 radical (unpaired) electrons. The van der Waals surface area contributed by atoms with Crippen molar-refractivity contribution in [3.8, 4) is 5.75 Å². The Balaban J connectivity index is 1.86. The average Bonchev–Trinajstić information content (AvgIpc) is 2.59. The summed E-state index contributed by atoms with van der Waals surface area (Å²) in [5.74, 6) is 0.120. The molecule has 5 heteroatoms.